The number of piperidine rings is 1. The number of rotatable bonds is 3. The van der Waals surface area contributed by atoms with Gasteiger partial charge in [-0.05, 0) is 30.4 Å². The second-order valence-electron chi connectivity index (χ2n) is 4.94. The third-order valence-electron chi connectivity index (χ3n) is 3.71. The summed E-state index contributed by atoms with van der Waals surface area (Å²) in [6.07, 6.45) is 4.54. The molecule has 0 N–H and O–H groups in total. The monoisotopic (exact) mass is 311 g/mol. The van der Waals surface area contributed by atoms with E-state index in [2.05, 4.69) is 5.10 Å². The summed E-state index contributed by atoms with van der Waals surface area (Å²) >= 11 is 1.27. The molecule has 0 bridgehead atoms. The van der Waals surface area contributed by atoms with E-state index in [-0.39, 0.29) is 6.04 Å². The van der Waals surface area contributed by atoms with E-state index in [1.54, 1.807) is 32.7 Å². The molecule has 0 aliphatic carbocycles. The highest BCUT2D eigenvalue weighted by molar-refractivity contribution is 7.91. The van der Waals surface area contributed by atoms with Crippen LogP contribution in [0.5, 0.6) is 0 Å². The molecule has 0 aromatic carbocycles. The van der Waals surface area contributed by atoms with Crippen molar-refractivity contribution in [1.82, 2.24) is 14.1 Å². The van der Waals surface area contributed by atoms with Crippen LogP contribution in [0.25, 0.3) is 0 Å². The Labute approximate surface area is 122 Å². The van der Waals surface area contributed by atoms with Gasteiger partial charge >= 0.3 is 0 Å². The van der Waals surface area contributed by atoms with Crippen molar-refractivity contribution < 1.29 is 8.42 Å². The molecule has 1 atom stereocenters. The first kappa shape index (κ1) is 13.8. The molecule has 0 amide bonds. The summed E-state index contributed by atoms with van der Waals surface area (Å²) in [5.41, 5.74) is 0.963. The van der Waals surface area contributed by atoms with Gasteiger partial charge < -0.3 is 0 Å². The van der Waals surface area contributed by atoms with Crippen molar-refractivity contribution >= 4 is 21.4 Å². The van der Waals surface area contributed by atoms with E-state index >= 15 is 0 Å². The highest BCUT2D eigenvalue weighted by Crippen LogP contribution is 2.36. The smallest absolute Gasteiger partial charge is 0.253 e. The van der Waals surface area contributed by atoms with Crippen LogP contribution in [0.1, 0.15) is 31.0 Å². The van der Waals surface area contributed by atoms with Gasteiger partial charge in [-0.15, -0.1) is 11.3 Å². The lowest BCUT2D eigenvalue weighted by molar-refractivity contribution is 0.246. The number of aryl methyl sites for hydroxylation is 1. The van der Waals surface area contributed by atoms with E-state index in [4.69, 9.17) is 0 Å². The van der Waals surface area contributed by atoms with Gasteiger partial charge in [0.1, 0.15) is 4.21 Å². The fraction of sp³-hybridized carbons (Fsp3) is 0.462. The molecule has 20 heavy (non-hydrogen) atoms. The fourth-order valence-electron chi connectivity index (χ4n) is 2.73. The molecular formula is C13H17N3O2S2. The Kier molecular flexibility index (Phi) is 3.66. The molecule has 3 rings (SSSR count). The quantitative estimate of drug-likeness (QED) is 0.874. The third kappa shape index (κ3) is 2.30. The van der Waals surface area contributed by atoms with Crippen molar-refractivity contribution in [2.45, 2.75) is 29.5 Å². The van der Waals surface area contributed by atoms with Gasteiger partial charge in [0.2, 0.25) is 0 Å². The molecule has 0 spiro atoms. The molecule has 2 aromatic rings. The van der Waals surface area contributed by atoms with E-state index in [0.717, 1.165) is 25.0 Å². The van der Waals surface area contributed by atoms with Crippen LogP contribution in [-0.2, 0) is 17.1 Å². The van der Waals surface area contributed by atoms with Crippen LogP contribution in [0.4, 0.5) is 0 Å². The van der Waals surface area contributed by atoms with Crippen LogP contribution in [0, 0.1) is 0 Å². The van der Waals surface area contributed by atoms with Gasteiger partial charge in [0.05, 0.1) is 11.7 Å². The van der Waals surface area contributed by atoms with Crippen LogP contribution in [-0.4, -0.2) is 29.0 Å². The third-order valence-corrected chi connectivity index (χ3v) is 6.99. The maximum absolute atomic E-state index is 12.8. The van der Waals surface area contributed by atoms with Crippen molar-refractivity contribution in [3.8, 4) is 0 Å². The van der Waals surface area contributed by atoms with E-state index in [1.807, 2.05) is 13.1 Å². The molecule has 0 saturated carbocycles. The van der Waals surface area contributed by atoms with Crippen LogP contribution >= 0.6 is 11.3 Å². The van der Waals surface area contributed by atoms with Crippen molar-refractivity contribution in [2.75, 3.05) is 6.54 Å². The first-order valence-electron chi connectivity index (χ1n) is 6.64. The molecule has 2 aromatic heterocycles. The lowest BCUT2D eigenvalue weighted by Gasteiger charge is -2.34. The van der Waals surface area contributed by atoms with Gasteiger partial charge in [-0.1, -0.05) is 12.5 Å². The summed E-state index contributed by atoms with van der Waals surface area (Å²) in [5, 5.41) is 5.97. The van der Waals surface area contributed by atoms with E-state index in [1.165, 1.54) is 11.3 Å². The van der Waals surface area contributed by atoms with Gasteiger partial charge in [0.15, 0.2) is 0 Å². The Morgan fingerprint density at radius 1 is 1.35 bits per heavy atom. The standard InChI is InChI=1S/C13H17N3O2S2/c1-15-11(7-8-14-15)12-5-2-3-9-16(12)20(17,18)13-6-4-10-19-13/h4,6-8,10,12H,2-3,5,9H2,1H3. The first-order valence-corrected chi connectivity index (χ1v) is 8.96. The summed E-state index contributed by atoms with van der Waals surface area (Å²) in [7, 11) is -1.54. The summed E-state index contributed by atoms with van der Waals surface area (Å²) in [6.45, 7) is 0.579. The molecule has 108 valence electrons. The SMILES string of the molecule is Cn1nccc1C1CCCCN1S(=O)(=O)c1cccs1. The Morgan fingerprint density at radius 2 is 2.20 bits per heavy atom. The molecule has 1 aliphatic heterocycles. The fourth-order valence-corrected chi connectivity index (χ4v) is 5.51. The number of hydrogen-bond donors (Lipinski definition) is 0. The van der Waals surface area contributed by atoms with Gasteiger partial charge in [-0.2, -0.15) is 9.40 Å². The van der Waals surface area contributed by atoms with Gasteiger partial charge in [0.25, 0.3) is 10.0 Å². The van der Waals surface area contributed by atoms with E-state index < -0.39 is 10.0 Å². The molecule has 7 heteroatoms. The average molecular weight is 311 g/mol. The molecule has 1 saturated heterocycles. The van der Waals surface area contributed by atoms with Crippen LogP contribution in [0.15, 0.2) is 34.0 Å². The predicted molar refractivity (Wildman–Crippen MR) is 78.0 cm³/mol. The van der Waals surface area contributed by atoms with Crippen molar-refractivity contribution in [2.24, 2.45) is 7.05 Å². The molecule has 1 aliphatic rings. The number of nitrogens with zero attached hydrogens (tertiary/aromatic N) is 3. The number of hydrogen-bond acceptors (Lipinski definition) is 4. The molecule has 1 unspecified atom stereocenters. The van der Waals surface area contributed by atoms with E-state index in [0.29, 0.717) is 10.8 Å². The minimum atomic E-state index is -3.40. The second-order valence-corrected chi connectivity index (χ2v) is 8.00. The molecule has 3 heterocycles. The summed E-state index contributed by atoms with van der Waals surface area (Å²) < 4.78 is 29.4. The Balaban J connectivity index is 2.00. The summed E-state index contributed by atoms with van der Waals surface area (Å²) in [6, 6.07) is 5.26. The average Bonchev–Trinajstić information content (AvgIpc) is 3.10. The summed E-state index contributed by atoms with van der Waals surface area (Å²) in [5.74, 6) is 0. The normalized spacial score (nSPS) is 21.1. The van der Waals surface area contributed by atoms with Crippen LogP contribution in [0.2, 0.25) is 0 Å². The zero-order valence-electron chi connectivity index (χ0n) is 11.3. The minimum absolute atomic E-state index is 0.108. The predicted octanol–water partition coefficient (Wildman–Crippen LogP) is 2.40. The maximum Gasteiger partial charge on any atom is 0.253 e. The molecule has 5 nitrogen and oxygen atoms in total. The number of sulfonamides is 1. The van der Waals surface area contributed by atoms with Crippen LogP contribution in [0.3, 0.4) is 0 Å². The van der Waals surface area contributed by atoms with Gasteiger partial charge in [-0.25, -0.2) is 8.42 Å². The number of aromatic nitrogens is 2. The summed E-state index contributed by atoms with van der Waals surface area (Å²) in [4.78, 5) is 0. The number of thiophene rings is 1. The largest absolute Gasteiger partial charge is 0.271 e. The zero-order valence-corrected chi connectivity index (χ0v) is 12.9. The zero-order chi connectivity index (χ0) is 14.2. The van der Waals surface area contributed by atoms with E-state index in [9.17, 15) is 8.42 Å². The first-order chi connectivity index (χ1) is 9.60. The van der Waals surface area contributed by atoms with Gasteiger partial charge in [-0.3, -0.25) is 4.68 Å². The Hall–Kier alpha value is -1.18. The minimum Gasteiger partial charge on any atom is -0.271 e. The van der Waals surface area contributed by atoms with Gasteiger partial charge in [0, 0.05) is 19.8 Å². The topological polar surface area (TPSA) is 55.2 Å². The highest BCUT2D eigenvalue weighted by atomic mass is 32.2. The Morgan fingerprint density at radius 3 is 2.85 bits per heavy atom. The maximum atomic E-state index is 12.8. The lowest BCUT2D eigenvalue weighted by atomic mass is 10.0. The van der Waals surface area contributed by atoms with Crippen molar-refractivity contribution in [3.05, 3.63) is 35.5 Å². The van der Waals surface area contributed by atoms with Crippen LogP contribution < -0.4 is 0 Å². The Bertz CT molecular complexity index is 676. The molecular weight excluding hydrogens is 294 g/mol. The second kappa shape index (κ2) is 5.31. The van der Waals surface area contributed by atoms with Crippen molar-refractivity contribution in [3.63, 3.8) is 0 Å². The highest BCUT2D eigenvalue weighted by Gasteiger charge is 2.36. The molecule has 1 fully saturated rings. The van der Waals surface area contributed by atoms with Crippen molar-refractivity contribution in [1.29, 1.82) is 0 Å². The lowest BCUT2D eigenvalue weighted by Crippen LogP contribution is -2.38. The molecule has 0 radical (unpaired) electrons.